The SMILES string of the molecule is O=C(NC1CCCc2c1cnn2-c1ccccc1F)c1cccc(N2CCCC2=O)c1. The van der Waals surface area contributed by atoms with Crippen LogP contribution >= 0.6 is 0 Å². The molecule has 1 aromatic heterocycles. The number of halogens is 1. The molecule has 1 unspecified atom stereocenters. The smallest absolute Gasteiger partial charge is 0.251 e. The minimum Gasteiger partial charge on any atom is -0.345 e. The molecule has 0 saturated carbocycles. The van der Waals surface area contributed by atoms with Gasteiger partial charge >= 0.3 is 0 Å². The number of rotatable bonds is 4. The Hall–Kier alpha value is -3.48. The molecule has 1 fully saturated rings. The van der Waals surface area contributed by atoms with Crippen LogP contribution in [-0.2, 0) is 11.2 Å². The summed E-state index contributed by atoms with van der Waals surface area (Å²) in [6.07, 6.45) is 5.57. The third-order valence-electron chi connectivity index (χ3n) is 6.06. The van der Waals surface area contributed by atoms with E-state index in [0.29, 0.717) is 24.2 Å². The molecule has 1 atom stereocenters. The van der Waals surface area contributed by atoms with Crippen molar-refractivity contribution in [2.24, 2.45) is 0 Å². The number of hydrogen-bond donors (Lipinski definition) is 1. The molecular formula is C24H23FN4O2. The minimum absolute atomic E-state index is 0.0926. The summed E-state index contributed by atoms with van der Waals surface area (Å²) in [6.45, 7) is 0.686. The van der Waals surface area contributed by atoms with Crippen molar-refractivity contribution in [2.45, 2.75) is 38.1 Å². The third kappa shape index (κ3) is 3.60. The average Bonchev–Trinajstić information content (AvgIpc) is 3.41. The van der Waals surface area contributed by atoms with E-state index in [0.717, 1.165) is 42.6 Å². The number of carbonyl (C=O) groups excluding carboxylic acids is 2. The standard InChI is InChI=1S/C24H23FN4O2/c25-19-8-1-2-10-22(19)29-21-11-4-9-20(18(21)15-26-29)27-24(31)16-6-3-7-17(14-16)28-13-5-12-23(28)30/h1-3,6-8,10,14-15,20H,4-5,9,11-13H2,(H,27,31). The van der Waals surface area contributed by atoms with E-state index in [1.165, 1.54) is 6.07 Å². The van der Waals surface area contributed by atoms with Gasteiger partial charge in [0.2, 0.25) is 5.91 Å². The highest BCUT2D eigenvalue weighted by atomic mass is 19.1. The quantitative estimate of drug-likeness (QED) is 0.698. The first-order chi connectivity index (χ1) is 15.1. The fourth-order valence-corrected chi connectivity index (χ4v) is 4.52. The summed E-state index contributed by atoms with van der Waals surface area (Å²) in [5.41, 5.74) is 3.54. The van der Waals surface area contributed by atoms with Crippen LogP contribution < -0.4 is 10.2 Å². The van der Waals surface area contributed by atoms with Crippen LogP contribution in [0.5, 0.6) is 0 Å². The molecule has 2 aromatic carbocycles. The van der Waals surface area contributed by atoms with Crippen LogP contribution in [0.3, 0.4) is 0 Å². The highest BCUT2D eigenvalue weighted by molar-refractivity contribution is 5.99. The first kappa shape index (κ1) is 19.5. The number of para-hydroxylation sites is 1. The molecule has 1 N–H and O–H groups in total. The van der Waals surface area contributed by atoms with Gasteiger partial charge in [0.15, 0.2) is 0 Å². The molecule has 7 heteroatoms. The lowest BCUT2D eigenvalue weighted by atomic mass is 9.92. The second-order valence-electron chi connectivity index (χ2n) is 8.03. The van der Waals surface area contributed by atoms with Gasteiger partial charge in [-0.15, -0.1) is 0 Å². The van der Waals surface area contributed by atoms with Gasteiger partial charge in [-0.1, -0.05) is 18.2 Å². The Kier molecular flexibility index (Phi) is 5.02. The highest BCUT2D eigenvalue weighted by Gasteiger charge is 2.27. The van der Waals surface area contributed by atoms with Gasteiger partial charge in [-0.25, -0.2) is 9.07 Å². The number of fused-ring (bicyclic) bond motifs is 1. The Morgan fingerprint density at radius 1 is 1.10 bits per heavy atom. The van der Waals surface area contributed by atoms with Crippen LogP contribution in [0.15, 0.2) is 54.7 Å². The molecule has 2 amide bonds. The fourth-order valence-electron chi connectivity index (χ4n) is 4.52. The summed E-state index contributed by atoms with van der Waals surface area (Å²) in [7, 11) is 0. The monoisotopic (exact) mass is 418 g/mol. The molecule has 0 spiro atoms. The highest BCUT2D eigenvalue weighted by Crippen LogP contribution is 2.32. The summed E-state index contributed by atoms with van der Waals surface area (Å²) < 4.78 is 15.9. The van der Waals surface area contributed by atoms with Gasteiger partial charge in [0, 0.05) is 35.5 Å². The topological polar surface area (TPSA) is 67.2 Å². The van der Waals surface area contributed by atoms with E-state index in [-0.39, 0.29) is 23.7 Å². The van der Waals surface area contributed by atoms with Crippen molar-refractivity contribution in [1.82, 2.24) is 15.1 Å². The number of benzene rings is 2. The van der Waals surface area contributed by atoms with Crippen LogP contribution in [0.4, 0.5) is 10.1 Å². The predicted octanol–water partition coefficient (Wildman–Crippen LogP) is 3.95. The maximum Gasteiger partial charge on any atom is 0.251 e. The van der Waals surface area contributed by atoms with E-state index in [2.05, 4.69) is 10.4 Å². The van der Waals surface area contributed by atoms with Gasteiger partial charge in [-0.05, 0) is 56.0 Å². The largest absolute Gasteiger partial charge is 0.345 e. The molecule has 2 aliphatic rings. The Bertz CT molecular complexity index is 1160. The lowest BCUT2D eigenvalue weighted by Crippen LogP contribution is -2.31. The Morgan fingerprint density at radius 3 is 2.77 bits per heavy atom. The Morgan fingerprint density at radius 2 is 1.97 bits per heavy atom. The molecule has 0 bridgehead atoms. The molecule has 31 heavy (non-hydrogen) atoms. The summed E-state index contributed by atoms with van der Waals surface area (Å²) in [4.78, 5) is 26.8. The Balaban J connectivity index is 1.38. The lowest BCUT2D eigenvalue weighted by Gasteiger charge is -2.24. The van der Waals surface area contributed by atoms with Crippen LogP contribution in [0.2, 0.25) is 0 Å². The number of anilines is 1. The maximum atomic E-state index is 14.3. The van der Waals surface area contributed by atoms with E-state index in [4.69, 9.17) is 0 Å². The second kappa shape index (κ2) is 7.98. The van der Waals surface area contributed by atoms with E-state index < -0.39 is 0 Å². The second-order valence-corrected chi connectivity index (χ2v) is 8.03. The fraction of sp³-hybridized carbons (Fsp3) is 0.292. The van der Waals surface area contributed by atoms with Crippen molar-refractivity contribution in [1.29, 1.82) is 0 Å². The number of carbonyl (C=O) groups is 2. The van der Waals surface area contributed by atoms with Crippen LogP contribution in [-0.4, -0.2) is 28.1 Å². The van der Waals surface area contributed by atoms with E-state index in [1.807, 2.05) is 6.07 Å². The average molecular weight is 418 g/mol. The van der Waals surface area contributed by atoms with Crippen molar-refractivity contribution in [3.8, 4) is 5.69 Å². The molecule has 1 aliphatic carbocycles. The van der Waals surface area contributed by atoms with E-state index in [9.17, 15) is 14.0 Å². The summed E-state index contributed by atoms with van der Waals surface area (Å²) in [6, 6.07) is 13.6. The van der Waals surface area contributed by atoms with Gasteiger partial charge in [-0.3, -0.25) is 9.59 Å². The number of hydrogen-bond acceptors (Lipinski definition) is 3. The van der Waals surface area contributed by atoms with Crippen molar-refractivity contribution >= 4 is 17.5 Å². The van der Waals surface area contributed by atoms with Gasteiger partial charge in [-0.2, -0.15) is 5.10 Å². The molecule has 0 radical (unpaired) electrons. The number of nitrogens with zero attached hydrogens (tertiary/aromatic N) is 3. The third-order valence-corrected chi connectivity index (χ3v) is 6.06. The summed E-state index contributed by atoms with van der Waals surface area (Å²) >= 11 is 0. The first-order valence-electron chi connectivity index (χ1n) is 10.6. The maximum absolute atomic E-state index is 14.3. The predicted molar refractivity (Wildman–Crippen MR) is 115 cm³/mol. The van der Waals surface area contributed by atoms with Gasteiger partial charge in [0.25, 0.3) is 5.91 Å². The van der Waals surface area contributed by atoms with Crippen LogP contribution in [0, 0.1) is 5.82 Å². The molecule has 6 nitrogen and oxygen atoms in total. The molecule has 1 aliphatic heterocycles. The van der Waals surface area contributed by atoms with Gasteiger partial charge in [0.1, 0.15) is 11.5 Å². The zero-order valence-corrected chi connectivity index (χ0v) is 17.1. The number of amides is 2. The zero-order chi connectivity index (χ0) is 21.4. The number of aromatic nitrogens is 2. The molecule has 1 saturated heterocycles. The minimum atomic E-state index is -0.326. The molecule has 158 valence electrons. The van der Waals surface area contributed by atoms with Crippen molar-refractivity contribution in [3.05, 3.63) is 77.4 Å². The lowest BCUT2D eigenvalue weighted by molar-refractivity contribution is -0.117. The zero-order valence-electron chi connectivity index (χ0n) is 17.1. The van der Waals surface area contributed by atoms with E-state index in [1.54, 1.807) is 52.2 Å². The molecule has 5 rings (SSSR count). The van der Waals surface area contributed by atoms with E-state index >= 15 is 0 Å². The normalized spacial score (nSPS) is 18.2. The number of nitrogens with one attached hydrogen (secondary N) is 1. The molecule has 3 aromatic rings. The van der Waals surface area contributed by atoms with Crippen molar-refractivity contribution in [3.63, 3.8) is 0 Å². The van der Waals surface area contributed by atoms with Crippen molar-refractivity contribution in [2.75, 3.05) is 11.4 Å². The first-order valence-corrected chi connectivity index (χ1v) is 10.6. The van der Waals surface area contributed by atoms with Crippen LogP contribution in [0.25, 0.3) is 5.69 Å². The molecular weight excluding hydrogens is 395 g/mol. The van der Waals surface area contributed by atoms with Gasteiger partial charge in [0.05, 0.1) is 12.2 Å². The van der Waals surface area contributed by atoms with Crippen LogP contribution in [0.1, 0.15) is 53.3 Å². The Labute approximate surface area is 179 Å². The molecule has 2 heterocycles. The van der Waals surface area contributed by atoms with Crippen molar-refractivity contribution < 1.29 is 14.0 Å². The summed E-state index contributed by atoms with van der Waals surface area (Å²) in [5.74, 6) is -0.423. The van der Waals surface area contributed by atoms with Gasteiger partial charge < -0.3 is 10.2 Å². The summed E-state index contributed by atoms with van der Waals surface area (Å²) in [5, 5.41) is 7.53.